The van der Waals surface area contributed by atoms with E-state index in [9.17, 15) is 8.42 Å². The molecule has 0 saturated heterocycles. The van der Waals surface area contributed by atoms with E-state index >= 15 is 0 Å². The van der Waals surface area contributed by atoms with Crippen LogP contribution in [0.15, 0.2) is 59.6 Å². The Bertz CT molecular complexity index is 1060. The SMILES string of the molecule is CC1Cc2cc(S(=O)(=O)Nc3cn(C)nc3-c3ccccc3)ccc2O1. The molecule has 0 bridgehead atoms. The number of aryl methyl sites for hydroxylation is 1. The molecule has 0 aliphatic carbocycles. The number of aromatic nitrogens is 2. The van der Waals surface area contributed by atoms with Gasteiger partial charge in [-0.2, -0.15) is 5.10 Å². The van der Waals surface area contributed by atoms with Crippen LogP contribution in [0.3, 0.4) is 0 Å². The van der Waals surface area contributed by atoms with E-state index < -0.39 is 10.0 Å². The number of anilines is 1. The first-order valence-corrected chi connectivity index (χ1v) is 9.82. The number of ether oxygens (including phenoxy) is 1. The first kappa shape index (κ1) is 16.7. The third kappa shape index (κ3) is 3.06. The highest BCUT2D eigenvalue weighted by Crippen LogP contribution is 2.32. The topological polar surface area (TPSA) is 73.2 Å². The lowest BCUT2D eigenvalue weighted by Crippen LogP contribution is -2.13. The average Bonchev–Trinajstić information content (AvgIpc) is 3.15. The van der Waals surface area contributed by atoms with Crippen molar-refractivity contribution in [3.8, 4) is 17.0 Å². The molecule has 2 aromatic carbocycles. The van der Waals surface area contributed by atoms with Gasteiger partial charge in [-0.1, -0.05) is 30.3 Å². The second-order valence-corrected chi connectivity index (χ2v) is 8.12. The molecule has 1 aliphatic rings. The van der Waals surface area contributed by atoms with Crippen LogP contribution in [0.2, 0.25) is 0 Å². The van der Waals surface area contributed by atoms with Gasteiger partial charge in [-0.3, -0.25) is 9.40 Å². The monoisotopic (exact) mass is 369 g/mol. The van der Waals surface area contributed by atoms with Gasteiger partial charge in [0.2, 0.25) is 0 Å². The van der Waals surface area contributed by atoms with Crippen LogP contribution in [0.25, 0.3) is 11.3 Å². The average molecular weight is 369 g/mol. The molecule has 0 fully saturated rings. The number of hydrogen-bond acceptors (Lipinski definition) is 4. The lowest BCUT2D eigenvalue weighted by Gasteiger charge is -2.09. The van der Waals surface area contributed by atoms with Gasteiger partial charge < -0.3 is 4.74 Å². The Morgan fingerprint density at radius 1 is 1.19 bits per heavy atom. The van der Waals surface area contributed by atoms with Gasteiger partial charge in [-0.05, 0) is 30.7 Å². The van der Waals surface area contributed by atoms with Gasteiger partial charge in [0.1, 0.15) is 17.5 Å². The second-order valence-electron chi connectivity index (χ2n) is 6.44. The zero-order valence-electron chi connectivity index (χ0n) is 14.5. The summed E-state index contributed by atoms with van der Waals surface area (Å²) in [5.74, 6) is 0.753. The standard InChI is InChI=1S/C19H19N3O3S/c1-13-10-15-11-16(8-9-18(15)25-13)26(23,24)21-17-12-22(2)20-19(17)14-6-4-3-5-7-14/h3-9,11-13,21H,10H2,1-2H3. The van der Waals surface area contributed by atoms with E-state index in [1.54, 1.807) is 36.1 Å². The summed E-state index contributed by atoms with van der Waals surface area (Å²) >= 11 is 0. The van der Waals surface area contributed by atoms with Crippen LogP contribution < -0.4 is 9.46 Å². The lowest BCUT2D eigenvalue weighted by molar-refractivity contribution is 0.254. The van der Waals surface area contributed by atoms with Gasteiger partial charge in [-0.15, -0.1) is 0 Å². The minimum Gasteiger partial charge on any atom is -0.490 e. The quantitative estimate of drug-likeness (QED) is 0.766. The van der Waals surface area contributed by atoms with E-state index in [1.807, 2.05) is 37.3 Å². The van der Waals surface area contributed by atoms with Crippen LogP contribution in [0.4, 0.5) is 5.69 Å². The van der Waals surface area contributed by atoms with Crippen LogP contribution in [0, 0.1) is 0 Å². The summed E-state index contributed by atoms with van der Waals surface area (Å²) in [6.45, 7) is 1.97. The predicted molar refractivity (Wildman–Crippen MR) is 99.7 cm³/mol. The van der Waals surface area contributed by atoms with Gasteiger partial charge in [0.15, 0.2) is 0 Å². The largest absolute Gasteiger partial charge is 0.490 e. The maximum absolute atomic E-state index is 12.9. The summed E-state index contributed by atoms with van der Waals surface area (Å²) in [5, 5.41) is 4.40. The Balaban J connectivity index is 1.69. The molecule has 1 aromatic heterocycles. The van der Waals surface area contributed by atoms with Gasteiger partial charge >= 0.3 is 0 Å². The van der Waals surface area contributed by atoms with E-state index in [2.05, 4.69) is 9.82 Å². The van der Waals surface area contributed by atoms with E-state index in [-0.39, 0.29) is 11.0 Å². The van der Waals surface area contributed by atoms with Gasteiger partial charge in [-0.25, -0.2) is 8.42 Å². The molecule has 0 amide bonds. The summed E-state index contributed by atoms with van der Waals surface area (Å²) in [4.78, 5) is 0.219. The first-order valence-electron chi connectivity index (χ1n) is 8.34. The number of nitrogens with zero attached hydrogens (tertiary/aromatic N) is 2. The van der Waals surface area contributed by atoms with Crippen molar-refractivity contribution in [2.24, 2.45) is 7.05 Å². The van der Waals surface area contributed by atoms with Crippen molar-refractivity contribution in [2.75, 3.05) is 4.72 Å². The third-order valence-corrected chi connectivity index (χ3v) is 5.66. The van der Waals surface area contributed by atoms with Crippen molar-refractivity contribution in [3.05, 3.63) is 60.3 Å². The van der Waals surface area contributed by atoms with Crippen molar-refractivity contribution < 1.29 is 13.2 Å². The number of fused-ring (bicyclic) bond motifs is 1. The molecule has 1 unspecified atom stereocenters. The molecular weight excluding hydrogens is 350 g/mol. The molecule has 1 N–H and O–H groups in total. The molecule has 0 saturated carbocycles. The van der Waals surface area contributed by atoms with Gasteiger partial charge in [0.05, 0.1) is 10.6 Å². The number of nitrogens with one attached hydrogen (secondary N) is 1. The zero-order chi connectivity index (χ0) is 18.3. The molecule has 2 heterocycles. The highest BCUT2D eigenvalue weighted by Gasteiger charge is 2.24. The molecule has 26 heavy (non-hydrogen) atoms. The van der Waals surface area contributed by atoms with E-state index in [4.69, 9.17) is 4.74 Å². The second kappa shape index (κ2) is 6.17. The number of rotatable bonds is 4. The van der Waals surface area contributed by atoms with Crippen LogP contribution >= 0.6 is 0 Å². The maximum Gasteiger partial charge on any atom is 0.262 e. The fourth-order valence-corrected chi connectivity index (χ4v) is 4.24. The highest BCUT2D eigenvalue weighted by molar-refractivity contribution is 7.92. The fraction of sp³-hybridized carbons (Fsp3) is 0.211. The van der Waals surface area contributed by atoms with Crippen LogP contribution in [0.1, 0.15) is 12.5 Å². The van der Waals surface area contributed by atoms with E-state index in [0.717, 1.165) is 16.9 Å². The van der Waals surface area contributed by atoms with Crippen molar-refractivity contribution in [2.45, 2.75) is 24.3 Å². The summed E-state index contributed by atoms with van der Waals surface area (Å²) in [7, 11) is -1.97. The molecule has 0 radical (unpaired) electrons. The number of sulfonamides is 1. The Morgan fingerprint density at radius 2 is 1.96 bits per heavy atom. The molecule has 1 atom stereocenters. The van der Waals surface area contributed by atoms with Crippen LogP contribution in [0.5, 0.6) is 5.75 Å². The minimum atomic E-state index is -3.73. The Labute approximate surface area is 152 Å². The van der Waals surface area contributed by atoms with Crippen LogP contribution in [-0.2, 0) is 23.5 Å². The lowest BCUT2D eigenvalue weighted by atomic mass is 10.1. The third-order valence-electron chi connectivity index (χ3n) is 4.30. The molecular formula is C19H19N3O3S. The first-order chi connectivity index (χ1) is 12.4. The van der Waals surface area contributed by atoms with E-state index in [1.165, 1.54) is 0 Å². The van der Waals surface area contributed by atoms with E-state index in [0.29, 0.717) is 17.8 Å². The Kier molecular flexibility index (Phi) is 3.96. The minimum absolute atomic E-state index is 0.0684. The van der Waals surface area contributed by atoms with Gasteiger partial charge in [0, 0.05) is 25.2 Å². The van der Waals surface area contributed by atoms with Crippen molar-refractivity contribution >= 4 is 15.7 Å². The summed E-state index contributed by atoms with van der Waals surface area (Å²) < 4.78 is 35.7. The predicted octanol–water partition coefficient (Wildman–Crippen LogP) is 3.21. The van der Waals surface area contributed by atoms with Gasteiger partial charge in [0.25, 0.3) is 10.0 Å². The molecule has 134 valence electrons. The molecule has 0 spiro atoms. The molecule has 3 aromatic rings. The molecule has 7 heteroatoms. The summed E-state index contributed by atoms with van der Waals surface area (Å²) in [6.07, 6.45) is 2.44. The van der Waals surface area contributed by atoms with Crippen LogP contribution in [-0.4, -0.2) is 24.3 Å². The molecule has 1 aliphatic heterocycles. The molecule has 4 rings (SSSR count). The summed E-state index contributed by atoms with van der Waals surface area (Å²) in [5.41, 5.74) is 2.80. The Morgan fingerprint density at radius 3 is 2.73 bits per heavy atom. The zero-order valence-corrected chi connectivity index (χ0v) is 15.3. The van der Waals surface area contributed by atoms with Crippen molar-refractivity contribution in [3.63, 3.8) is 0 Å². The fourth-order valence-electron chi connectivity index (χ4n) is 3.14. The number of hydrogen-bond donors (Lipinski definition) is 1. The van der Waals surface area contributed by atoms with Crippen molar-refractivity contribution in [1.29, 1.82) is 0 Å². The van der Waals surface area contributed by atoms with Crippen molar-refractivity contribution in [1.82, 2.24) is 9.78 Å². The summed E-state index contributed by atoms with van der Waals surface area (Å²) in [6, 6.07) is 14.5. The number of benzene rings is 2. The highest BCUT2D eigenvalue weighted by atomic mass is 32.2. The maximum atomic E-state index is 12.9. The Hall–Kier alpha value is -2.80. The normalized spacial score (nSPS) is 16.2. The smallest absolute Gasteiger partial charge is 0.262 e. The molecule has 6 nitrogen and oxygen atoms in total.